The second-order valence-electron chi connectivity index (χ2n) is 4.64. The van der Waals surface area contributed by atoms with Crippen LogP contribution in [0.4, 0.5) is 0 Å². The molecule has 92 valence electrons. The number of hydrogen-bond acceptors (Lipinski definition) is 4. The van der Waals surface area contributed by atoms with Gasteiger partial charge < -0.3 is 19.9 Å². The first-order chi connectivity index (χ1) is 7.68. The topological polar surface area (TPSA) is 44.8 Å². The summed E-state index contributed by atoms with van der Waals surface area (Å²) < 4.78 is 5.50. The average Bonchev–Trinajstić information content (AvgIpc) is 2.30. The minimum Gasteiger partial charge on any atom is -0.375 e. The average molecular weight is 227 g/mol. The number of likely N-dealkylation sites (N-methyl/N-ethyl adjacent to an activating group) is 1. The molecule has 2 heterocycles. The molecule has 0 bridgehead atoms. The lowest BCUT2D eigenvalue weighted by Gasteiger charge is -2.37. The van der Waals surface area contributed by atoms with Gasteiger partial charge in [-0.05, 0) is 14.0 Å². The summed E-state index contributed by atoms with van der Waals surface area (Å²) in [6, 6.07) is -0.155. The molecule has 1 amide bonds. The Morgan fingerprint density at radius 1 is 1.31 bits per heavy atom. The summed E-state index contributed by atoms with van der Waals surface area (Å²) >= 11 is 0. The molecular weight excluding hydrogens is 206 g/mol. The number of ether oxygens (including phenoxy) is 1. The lowest BCUT2D eigenvalue weighted by molar-refractivity contribution is -0.141. The van der Waals surface area contributed by atoms with E-state index in [4.69, 9.17) is 4.74 Å². The van der Waals surface area contributed by atoms with Gasteiger partial charge in [-0.3, -0.25) is 4.79 Å². The number of amides is 1. The Hall–Kier alpha value is -0.650. The third kappa shape index (κ3) is 2.53. The summed E-state index contributed by atoms with van der Waals surface area (Å²) in [6.07, 6.45) is -0.0130. The summed E-state index contributed by atoms with van der Waals surface area (Å²) in [6.45, 7) is 7.04. The molecule has 0 unspecified atom stereocenters. The maximum atomic E-state index is 12.2. The van der Waals surface area contributed by atoms with E-state index in [2.05, 4.69) is 17.3 Å². The lowest BCUT2D eigenvalue weighted by Crippen LogP contribution is -2.59. The van der Waals surface area contributed by atoms with E-state index in [0.717, 1.165) is 32.7 Å². The van der Waals surface area contributed by atoms with E-state index in [1.165, 1.54) is 0 Å². The number of nitrogens with one attached hydrogen (secondary N) is 1. The maximum absolute atomic E-state index is 12.2. The molecule has 16 heavy (non-hydrogen) atoms. The normalized spacial score (nSPS) is 32.8. The number of hydrogen-bond donors (Lipinski definition) is 1. The molecule has 0 radical (unpaired) electrons. The molecule has 0 aliphatic carbocycles. The highest BCUT2D eigenvalue weighted by atomic mass is 16.5. The first kappa shape index (κ1) is 11.8. The smallest absolute Gasteiger partial charge is 0.242 e. The van der Waals surface area contributed by atoms with E-state index >= 15 is 0 Å². The van der Waals surface area contributed by atoms with Crippen LogP contribution in [0, 0.1) is 0 Å². The highest BCUT2D eigenvalue weighted by Crippen LogP contribution is 2.09. The molecule has 2 fully saturated rings. The molecule has 5 heteroatoms. The zero-order valence-electron chi connectivity index (χ0n) is 10.1. The van der Waals surface area contributed by atoms with Gasteiger partial charge in [0.05, 0.1) is 12.7 Å². The third-order valence-corrected chi connectivity index (χ3v) is 3.40. The number of morpholine rings is 1. The minimum absolute atomic E-state index is 0.0130. The van der Waals surface area contributed by atoms with Crippen molar-refractivity contribution in [1.82, 2.24) is 15.1 Å². The van der Waals surface area contributed by atoms with Crippen molar-refractivity contribution in [3.05, 3.63) is 0 Å². The number of carbonyl (C=O) groups is 1. The highest BCUT2D eigenvalue weighted by molar-refractivity contribution is 5.82. The second kappa shape index (κ2) is 5.12. The fourth-order valence-corrected chi connectivity index (χ4v) is 2.23. The van der Waals surface area contributed by atoms with Crippen LogP contribution < -0.4 is 5.32 Å². The summed E-state index contributed by atoms with van der Waals surface area (Å²) in [7, 11) is 2.09. The Kier molecular flexibility index (Phi) is 3.78. The summed E-state index contributed by atoms with van der Waals surface area (Å²) in [5, 5.41) is 3.25. The Labute approximate surface area is 96.7 Å². The van der Waals surface area contributed by atoms with Gasteiger partial charge >= 0.3 is 0 Å². The number of nitrogens with zero attached hydrogens (tertiary/aromatic N) is 2. The van der Waals surface area contributed by atoms with Crippen LogP contribution in [-0.2, 0) is 9.53 Å². The van der Waals surface area contributed by atoms with E-state index in [9.17, 15) is 4.79 Å². The Bertz CT molecular complexity index is 252. The van der Waals surface area contributed by atoms with Crippen LogP contribution in [0.15, 0.2) is 0 Å². The Morgan fingerprint density at radius 3 is 2.62 bits per heavy atom. The zero-order valence-corrected chi connectivity index (χ0v) is 10.1. The second-order valence-corrected chi connectivity index (χ2v) is 4.64. The van der Waals surface area contributed by atoms with Gasteiger partial charge in [-0.2, -0.15) is 0 Å². The van der Waals surface area contributed by atoms with Crippen LogP contribution >= 0.6 is 0 Å². The predicted octanol–water partition coefficient (Wildman–Crippen LogP) is -0.863. The fourth-order valence-electron chi connectivity index (χ4n) is 2.23. The van der Waals surface area contributed by atoms with Gasteiger partial charge in [-0.1, -0.05) is 0 Å². The highest BCUT2D eigenvalue weighted by Gasteiger charge is 2.32. The van der Waals surface area contributed by atoms with Gasteiger partial charge in [0, 0.05) is 32.7 Å². The van der Waals surface area contributed by atoms with Crippen LogP contribution in [0.3, 0.4) is 0 Å². The van der Waals surface area contributed by atoms with Crippen molar-refractivity contribution >= 4 is 5.91 Å². The molecule has 0 aromatic heterocycles. The van der Waals surface area contributed by atoms with Crippen molar-refractivity contribution in [2.75, 3.05) is 46.4 Å². The monoisotopic (exact) mass is 227 g/mol. The number of rotatable bonds is 1. The van der Waals surface area contributed by atoms with Crippen LogP contribution in [0.25, 0.3) is 0 Å². The third-order valence-electron chi connectivity index (χ3n) is 3.40. The van der Waals surface area contributed by atoms with Gasteiger partial charge in [0.1, 0.15) is 6.04 Å². The molecule has 2 aliphatic heterocycles. The van der Waals surface area contributed by atoms with Crippen LogP contribution in [0.2, 0.25) is 0 Å². The number of carbonyl (C=O) groups excluding carboxylic acids is 1. The van der Waals surface area contributed by atoms with Gasteiger partial charge in [-0.25, -0.2) is 0 Å². The molecule has 0 spiro atoms. The van der Waals surface area contributed by atoms with Crippen molar-refractivity contribution in [3.63, 3.8) is 0 Å². The first-order valence-electron chi connectivity index (χ1n) is 6.01. The van der Waals surface area contributed by atoms with E-state index in [1.54, 1.807) is 0 Å². The van der Waals surface area contributed by atoms with E-state index in [1.807, 2.05) is 11.8 Å². The molecule has 2 rings (SSSR count). The van der Waals surface area contributed by atoms with Crippen LogP contribution in [0.1, 0.15) is 6.92 Å². The zero-order chi connectivity index (χ0) is 11.5. The summed E-state index contributed by atoms with van der Waals surface area (Å²) in [5.74, 6) is 0.195. The standard InChI is InChI=1S/C11H21N3O2/c1-9-10(12-3-8-16-9)11(15)14-6-4-13(2)5-7-14/h9-10,12H,3-8H2,1-2H3/t9-,10+/m1/s1. The molecule has 0 aromatic rings. The molecule has 0 saturated carbocycles. The van der Waals surface area contributed by atoms with Gasteiger partial charge in [0.2, 0.25) is 5.91 Å². The molecule has 2 aliphatic rings. The molecule has 0 aromatic carbocycles. The summed E-state index contributed by atoms with van der Waals surface area (Å²) in [4.78, 5) is 16.4. The fraction of sp³-hybridized carbons (Fsp3) is 0.909. The van der Waals surface area contributed by atoms with Crippen molar-refractivity contribution in [1.29, 1.82) is 0 Å². The van der Waals surface area contributed by atoms with Gasteiger partial charge in [0.15, 0.2) is 0 Å². The predicted molar refractivity (Wildman–Crippen MR) is 61.3 cm³/mol. The van der Waals surface area contributed by atoms with E-state index in [0.29, 0.717) is 6.61 Å². The van der Waals surface area contributed by atoms with Gasteiger partial charge in [0.25, 0.3) is 0 Å². The van der Waals surface area contributed by atoms with Crippen molar-refractivity contribution in [2.45, 2.75) is 19.1 Å². The molecular formula is C11H21N3O2. The van der Waals surface area contributed by atoms with Crippen molar-refractivity contribution < 1.29 is 9.53 Å². The SMILES string of the molecule is C[C@H]1OCCN[C@@H]1C(=O)N1CCN(C)CC1. The lowest BCUT2D eigenvalue weighted by atomic mass is 10.1. The number of piperazine rings is 1. The quantitative estimate of drug-likeness (QED) is 0.633. The van der Waals surface area contributed by atoms with Crippen LogP contribution in [-0.4, -0.2) is 74.2 Å². The molecule has 5 nitrogen and oxygen atoms in total. The Morgan fingerprint density at radius 2 is 2.00 bits per heavy atom. The van der Waals surface area contributed by atoms with Crippen molar-refractivity contribution in [2.24, 2.45) is 0 Å². The first-order valence-corrected chi connectivity index (χ1v) is 6.01. The molecule has 2 saturated heterocycles. The van der Waals surface area contributed by atoms with Gasteiger partial charge in [-0.15, -0.1) is 0 Å². The van der Waals surface area contributed by atoms with Crippen LogP contribution in [0.5, 0.6) is 0 Å². The van der Waals surface area contributed by atoms with E-state index < -0.39 is 0 Å². The summed E-state index contributed by atoms with van der Waals surface area (Å²) in [5.41, 5.74) is 0. The maximum Gasteiger partial charge on any atom is 0.242 e. The largest absolute Gasteiger partial charge is 0.375 e. The molecule has 2 atom stereocenters. The minimum atomic E-state index is -0.155. The van der Waals surface area contributed by atoms with Crippen molar-refractivity contribution in [3.8, 4) is 0 Å². The Balaban J connectivity index is 1.90. The molecule has 1 N–H and O–H groups in total. The van der Waals surface area contributed by atoms with E-state index in [-0.39, 0.29) is 18.1 Å².